The summed E-state index contributed by atoms with van der Waals surface area (Å²) in [5.74, 6) is 1.65. The zero-order chi connectivity index (χ0) is 18.0. The van der Waals surface area contributed by atoms with Crippen molar-refractivity contribution >= 4 is 17.5 Å². The summed E-state index contributed by atoms with van der Waals surface area (Å²) in [6.07, 6.45) is 3.56. The fourth-order valence-corrected chi connectivity index (χ4v) is 3.68. The van der Waals surface area contributed by atoms with Gasteiger partial charge >= 0.3 is 0 Å². The number of hydrogen-bond acceptors (Lipinski definition) is 6. The van der Waals surface area contributed by atoms with E-state index in [2.05, 4.69) is 47.2 Å². The van der Waals surface area contributed by atoms with Crippen molar-refractivity contribution in [3.63, 3.8) is 0 Å². The molecule has 2 fully saturated rings. The molecule has 2 aromatic rings. The fraction of sp³-hybridized carbons (Fsp3) is 0.500. The molecule has 0 bridgehead atoms. The van der Waals surface area contributed by atoms with E-state index in [0.29, 0.717) is 25.1 Å². The summed E-state index contributed by atoms with van der Waals surface area (Å²) in [6, 6.07) is 10.3. The molecule has 138 valence electrons. The minimum absolute atomic E-state index is 0.360. The highest BCUT2D eigenvalue weighted by Crippen LogP contribution is 2.33. The summed E-state index contributed by atoms with van der Waals surface area (Å²) >= 11 is 0. The van der Waals surface area contributed by atoms with E-state index in [9.17, 15) is 0 Å². The average molecular weight is 354 g/mol. The first kappa shape index (κ1) is 17.2. The van der Waals surface area contributed by atoms with Crippen LogP contribution in [0, 0.1) is 0 Å². The van der Waals surface area contributed by atoms with Crippen molar-refractivity contribution < 1.29 is 9.47 Å². The van der Waals surface area contributed by atoms with Gasteiger partial charge in [0.2, 0.25) is 5.95 Å². The quantitative estimate of drug-likeness (QED) is 0.904. The molecule has 6 heteroatoms. The number of ether oxygens (including phenoxy) is 2. The molecule has 0 radical (unpaired) electrons. The predicted octanol–water partition coefficient (Wildman–Crippen LogP) is 3.69. The molecule has 3 heterocycles. The number of para-hydroxylation sites is 1. The third-order valence-electron chi connectivity index (χ3n) is 5.13. The van der Waals surface area contributed by atoms with Gasteiger partial charge in [-0.15, -0.1) is 0 Å². The Kier molecular flexibility index (Phi) is 4.78. The molecular formula is C20H26N4O2. The Labute approximate surface area is 154 Å². The van der Waals surface area contributed by atoms with Gasteiger partial charge in [0.25, 0.3) is 0 Å². The van der Waals surface area contributed by atoms with Gasteiger partial charge in [-0.3, -0.25) is 0 Å². The van der Waals surface area contributed by atoms with Gasteiger partial charge < -0.3 is 19.7 Å². The van der Waals surface area contributed by atoms with Crippen LogP contribution in [-0.2, 0) is 9.47 Å². The van der Waals surface area contributed by atoms with E-state index in [-0.39, 0.29) is 5.79 Å². The first-order chi connectivity index (χ1) is 12.7. The van der Waals surface area contributed by atoms with Crippen LogP contribution in [0.2, 0.25) is 0 Å². The number of piperidine rings is 1. The average Bonchev–Trinajstić information content (AvgIpc) is 3.11. The van der Waals surface area contributed by atoms with Crippen LogP contribution >= 0.6 is 0 Å². The molecule has 0 saturated carbocycles. The summed E-state index contributed by atoms with van der Waals surface area (Å²) in [4.78, 5) is 11.4. The predicted molar refractivity (Wildman–Crippen MR) is 102 cm³/mol. The van der Waals surface area contributed by atoms with Crippen molar-refractivity contribution in [2.24, 2.45) is 0 Å². The van der Waals surface area contributed by atoms with E-state index in [1.165, 1.54) is 5.56 Å². The maximum absolute atomic E-state index is 5.81. The molecule has 4 rings (SSSR count). The lowest BCUT2D eigenvalue weighted by Gasteiger charge is -2.38. The summed E-state index contributed by atoms with van der Waals surface area (Å²) < 4.78 is 11.6. The number of anilines is 3. The molecule has 0 amide bonds. The summed E-state index contributed by atoms with van der Waals surface area (Å²) in [6.45, 7) is 7.54. The van der Waals surface area contributed by atoms with Gasteiger partial charge in [-0.05, 0) is 23.6 Å². The molecule has 26 heavy (non-hydrogen) atoms. The minimum Gasteiger partial charge on any atom is -0.356 e. The number of hydrogen-bond donors (Lipinski definition) is 1. The van der Waals surface area contributed by atoms with E-state index in [1.54, 1.807) is 0 Å². The molecule has 1 aromatic carbocycles. The molecular weight excluding hydrogens is 328 g/mol. The van der Waals surface area contributed by atoms with E-state index >= 15 is 0 Å². The first-order valence-corrected chi connectivity index (χ1v) is 9.37. The number of aromatic nitrogens is 2. The first-order valence-electron chi connectivity index (χ1n) is 9.37. The second kappa shape index (κ2) is 7.21. The number of nitrogens with one attached hydrogen (secondary N) is 1. The van der Waals surface area contributed by atoms with Crippen LogP contribution in [0.15, 0.2) is 36.5 Å². The zero-order valence-corrected chi connectivity index (χ0v) is 15.4. The number of rotatable bonds is 4. The van der Waals surface area contributed by atoms with Crippen LogP contribution in [0.5, 0.6) is 0 Å². The Morgan fingerprint density at radius 3 is 2.54 bits per heavy atom. The summed E-state index contributed by atoms with van der Waals surface area (Å²) in [5, 5.41) is 3.38. The molecule has 0 aliphatic carbocycles. The van der Waals surface area contributed by atoms with E-state index in [4.69, 9.17) is 14.5 Å². The standard InChI is InChI=1S/C20H26N4O2/c1-15(2)16-5-3-4-6-17(16)22-19-21-10-7-18(23-19)24-11-8-20(9-12-24)25-13-14-26-20/h3-7,10,15H,8-9,11-14H2,1-2H3,(H,21,22,23). The Hall–Kier alpha value is -2.18. The highest BCUT2D eigenvalue weighted by atomic mass is 16.7. The number of nitrogens with zero attached hydrogens (tertiary/aromatic N) is 3. The Morgan fingerprint density at radius 2 is 1.81 bits per heavy atom. The van der Waals surface area contributed by atoms with E-state index in [0.717, 1.165) is 37.4 Å². The third-order valence-corrected chi connectivity index (χ3v) is 5.13. The third kappa shape index (κ3) is 3.52. The van der Waals surface area contributed by atoms with Crippen molar-refractivity contribution in [3.8, 4) is 0 Å². The maximum atomic E-state index is 5.81. The van der Waals surface area contributed by atoms with E-state index in [1.807, 2.05) is 18.3 Å². The van der Waals surface area contributed by atoms with Gasteiger partial charge in [-0.2, -0.15) is 4.98 Å². The molecule has 1 spiro atoms. The molecule has 2 saturated heterocycles. The minimum atomic E-state index is -0.360. The van der Waals surface area contributed by atoms with Crippen LogP contribution in [0.4, 0.5) is 17.5 Å². The fourth-order valence-electron chi connectivity index (χ4n) is 3.68. The Bertz CT molecular complexity index is 749. The van der Waals surface area contributed by atoms with Crippen LogP contribution < -0.4 is 10.2 Å². The van der Waals surface area contributed by atoms with Crippen molar-refractivity contribution in [1.29, 1.82) is 0 Å². The molecule has 1 aromatic heterocycles. The molecule has 0 unspecified atom stereocenters. The van der Waals surface area contributed by atoms with Crippen molar-refractivity contribution in [3.05, 3.63) is 42.1 Å². The normalized spacial score (nSPS) is 19.3. The van der Waals surface area contributed by atoms with Crippen molar-refractivity contribution in [1.82, 2.24) is 9.97 Å². The molecule has 0 atom stereocenters. The summed E-state index contributed by atoms with van der Waals surface area (Å²) in [5.41, 5.74) is 2.32. The lowest BCUT2D eigenvalue weighted by molar-refractivity contribution is -0.169. The molecule has 6 nitrogen and oxygen atoms in total. The highest BCUT2D eigenvalue weighted by Gasteiger charge is 2.40. The summed E-state index contributed by atoms with van der Waals surface area (Å²) in [7, 11) is 0. The zero-order valence-electron chi connectivity index (χ0n) is 15.4. The Balaban J connectivity index is 1.48. The van der Waals surface area contributed by atoms with Gasteiger partial charge in [0.15, 0.2) is 5.79 Å². The highest BCUT2D eigenvalue weighted by molar-refractivity contribution is 5.60. The van der Waals surface area contributed by atoms with Crippen LogP contribution in [0.3, 0.4) is 0 Å². The lowest BCUT2D eigenvalue weighted by Crippen LogP contribution is -2.45. The topological polar surface area (TPSA) is 59.5 Å². The van der Waals surface area contributed by atoms with Crippen LogP contribution in [0.25, 0.3) is 0 Å². The van der Waals surface area contributed by atoms with Crippen molar-refractivity contribution in [2.75, 3.05) is 36.5 Å². The molecule has 2 aliphatic heterocycles. The lowest BCUT2D eigenvalue weighted by atomic mass is 10.0. The van der Waals surface area contributed by atoms with Crippen LogP contribution in [0.1, 0.15) is 38.2 Å². The van der Waals surface area contributed by atoms with Gasteiger partial charge in [-0.1, -0.05) is 32.0 Å². The monoisotopic (exact) mass is 354 g/mol. The Morgan fingerprint density at radius 1 is 1.08 bits per heavy atom. The van der Waals surface area contributed by atoms with E-state index < -0.39 is 0 Å². The smallest absolute Gasteiger partial charge is 0.229 e. The van der Waals surface area contributed by atoms with Gasteiger partial charge in [-0.25, -0.2) is 4.98 Å². The molecule has 1 N–H and O–H groups in total. The largest absolute Gasteiger partial charge is 0.356 e. The van der Waals surface area contributed by atoms with Gasteiger partial charge in [0.05, 0.1) is 13.2 Å². The van der Waals surface area contributed by atoms with Gasteiger partial charge in [0.1, 0.15) is 5.82 Å². The second-order valence-corrected chi connectivity index (χ2v) is 7.20. The number of benzene rings is 1. The SMILES string of the molecule is CC(C)c1ccccc1Nc1nccc(N2CCC3(CC2)OCCO3)n1. The van der Waals surface area contributed by atoms with Crippen molar-refractivity contribution in [2.45, 2.75) is 38.4 Å². The van der Waals surface area contributed by atoms with Gasteiger partial charge in [0, 0.05) is 37.8 Å². The molecule has 2 aliphatic rings. The second-order valence-electron chi connectivity index (χ2n) is 7.20. The van der Waals surface area contributed by atoms with Crippen LogP contribution in [-0.4, -0.2) is 42.1 Å². The maximum Gasteiger partial charge on any atom is 0.229 e.